The number of benzene rings is 1. The monoisotopic (exact) mass is 287 g/mol. The van der Waals surface area contributed by atoms with Crippen LogP contribution in [0.2, 0.25) is 0 Å². The van der Waals surface area contributed by atoms with E-state index in [9.17, 15) is 9.59 Å². The maximum atomic E-state index is 12.1. The minimum atomic E-state index is -0.345. The lowest BCUT2D eigenvalue weighted by atomic mass is 9.98. The molecule has 0 N–H and O–H groups in total. The normalized spacial score (nSPS) is 17.5. The summed E-state index contributed by atoms with van der Waals surface area (Å²) in [5, 5.41) is 0.125. The Hall–Kier alpha value is -2.00. The fraction of sp³-hybridized carbons (Fsp3) is 0.188. The van der Waals surface area contributed by atoms with Crippen molar-refractivity contribution in [2.45, 2.75) is 20.8 Å². The molecule has 1 aliphatic rings. The fourth-order valence-electron chi connectivity index (χ4n) is 1.82. The molecular formula is C16H14ClNO2. The van der Waals surface area contributed by atoms with Crippen LogP contribution in [0.5, 0.6) is 0 Å². The number of halogens is 1. The topological polar surface area (TPSA) is 46.5 Å². The molecule has 0 atom stereocenters. The third kappa shape index (κ3) is 2.78. The van der Waals surface area contributed by atoms with Gasteiger partial charge in [0.05, 0.1) is 10.7 Å². The molecule has 0 saturated carbocycles. The molecule has 0 bridgehead atoms. The molecule has 0 heterocycles. The molecule has 102 valence electrons. The Bertz CT molecular complexity index is 679. The minimum absolute atomic E-state index is 0.125. The van der Waals surface area contributed by atoms with E-state index in [2.05, 4.69) is 4.99 Å². The summed E-state index contributed by atoms with van der Waals surface area (Å²) in [4.78, 5) is 27.8. The SMILES string of the molecule is CC1=CC(=NC(=O)c2ccc(C)cc2)C(C)=C(Cl)C1=O. The summed E-state index contributed by atoms with van der Waals surface area (Å²) >= 11 is 5.95. The van der Waals surface area contributed by atoms with Crippen molar-refractivity contribution in [2.24, 2.45) is 4.99 Å². The Morgan fingerprint density at radius 2 is 1.70 bits per heavy atom. The number of carbonyl (C=O) groups excluding carboxylic acids is 2. The number of amides is 1. The first-order valence-corrected chi connectivity index (χ1v) is 6.57. The van der Waals surface area contributed by atoms with Gasteiger partial charge in [-0.05, 0) is 44.6 Å². The number of aryl methyl sites for hydroxylation is 1. The second-order valence-electron chi connectivity index (χ2n) is 4.76. The van der Waals surface area contributed by atoms with Gasteiger partial charge in [0.15, 0.2) is 5.78 Å². The van der Waals surface area contributed by atoms with Crippen LogP contribution in [-0.2, 0) is 4.79 Å². The molecule has 0 radical (unpaired) electrons. The van der Waals surface area contributed by atoms with Crippen molar-refractivity contribution in [1.29, 1.82) is 0 Å². The van der Waals surface area contributed by atoms with Gasteiger partial charge in [0, 0.05) is 11.1 Å². The molecule has 1 aliphatic carbocycles. The van der Waals surface area contributed by atoms with Gasteiger partial charge in [-0.25, -0.2) is 4.99 Å². The quantitative estimate of drug-likeness (QED) is 0.741. The lowest BCUT2D eigenvalue weighted by Gasteiger charge is -2.12. The molecule has 1 aromatic rings. The van der Waals surface area contributed by atoms with Gasteiger partial charge in [-0.1, -0.05) is 29.3 Å². The Labute approximate surface area is 122 Å². The second kappa shape index (κ2) is 5.55. The Morgan fingerprint density at radius 1 is 1.10 bits per heavy atom. The van der Waals surface area contributed by atoms with E-state index in [1.165, 1.54) is 0 Å². The highest BCUT2D eigenvalue weighted by Gasteiger charge is 2.21. The standard InChI is InChI=1S/C16H14ClNO2/c1-9-4-6-12(7-5-9)16(20)18-13-8-10(2)15(19)14(17)11(13)3/h4-8H,1-3H3. The third-order valence-electron chi connectivity index (χ3n) is 3.14. The Morgan fingerprint density at radius 3 is 2.30 bits per heavy atom. The molecule has 4 heteroatoms. The molecular weight excluding hydrogens is 274 g/mol. The zero-order valence-corrected chi connectivity index (χ0v) is 12.3. The van der Waals surface area contributed by atoms with E-state index < -0.39 is 0 Å². The van der Waals surface area contributed by atoms with Crippen molar-refractivity contribution in [3.63, 3.8) is 0 Å². The molecule has 0 spiro atoms. The lowest BCUT2D eigenvalue weighted by Crippen LogP contribution is -2.15. The summed E-state index contributed by atoms with van der Waals surface area (Å²) < 4.78 is 0. The molecule has 1 aromatic carbocycles. The van der Waals surface area contributed by atoms with Crippen LogP contribution in [-0.4, -0.2) is 17.4 Å². The van der Waals surface area contributed by atoms with Gasteiger partial charge in [0.1, 0.15) is 0 Å². The number of ketones is 1. The maximum absolute atomic E-state index is 12.1. The van der Waals surface area contributed by atoms with Crippen molar-refractivity contribution >= 4 is 29.0 Å². The maximum Gasteiger partial charge on any atom is 0.277 e. The first kappa shape index (κ1) is 14.4. The van der Waals surface area contributed by atoms with E-state index in [1.807, 2.05) is 19.1 Å². The highest BCUT2D eigenvalue weighted by atomic mass is 35.5. The fourth-order valence-corrected chi connectivity index (χ4v) is 2.07. The van der Waals surface area contributed by atoms with Crippen LogP contribution >= 0.6 is 11.6 Å². The third-order valence-corrected chi connectivity index (χ3v) is 3.60. The van der Waals surface area contributed by atoms with Crippen LogP contribution in [0.25, 0.3) is 0 Å². The number of hydrogen-bond acceptors (Lipinski definition) is 2. The van der Waals surface area contributed by atoms with E-state index in [4.69, 9.17) is 11.6 Å². The molecule has 0 unspecified atom stereocenters. The van der Waals surface area contributed by atoms with Gasteiger partial charge in [0.2, 0.25) is 0 Å². The predicted molar refractivity (Wildman–Crippen MR) is 80.3 cm³/mol. The van der Waals surface area contributed by atoms with E-state index in [-0.39, 0.29) is 16.7 Å². The number of hydrogen-bond donors (Lipinski definition) is 0. The first-order chi connectivity index (χ1) is 9.40. The number of rotatable bonds is 1. The molecule has 0 aliphatic heterocycles. The smallest absolute Gasteiger partial charge is 0.277 e. The predicted octanol–water partition coefficient (Wildman–Crippen LogP) is 3.62. The van der Waals surface area contributed by atoms with Crippen LogP contribution in [0.15, 0.2) is 51.5 Å². The van der Waals surface area contributed by atoms with E-state index in [1.54, 1.807) is 32.1 Å². The number of aliphatic imine (C=N–C) groups is 1. The van der Waals surface area contributed by atoms with Crippen molar-refractivity contribution in [3.8, 4) is 0 Å². The van der Waals surface area contributed by atoms with Crippen LogP contribution in [0, 0.1) is 6.92 Å². The molecule has 3 nitrogen and oxygen atoms in total. The van der Waals surface area contributed by atoms with Gasteiger partial charge in [-0.2, -0.15) is 0 Å². The van der Waals surface area contributed by atoms with E-state index >= 15 is 0 Å². The second-order valence-corrected chi connectivity index (χ2v) is 5.14. The lowest BCUT2D eigenvalue weighted by molar-refractivity contribution is -0.111. The van der Waals surface area contributed by atoms with Crippen molar-refractivity contribution < 1.29 is 9.59 Å². The van der Waals surface area contributed by atoms with E-state index in [0.29, 0.717) is 22.4 Å². The van der Waals surface area contributed by atoms with Crippen molar-refractivity contribution in [3.05, 3.63) is 57.6 Å². The highest BCUT2D eigenvalue weighted by Crippen LogP contribution is 2.23. The Balaban J connectivity index is 2.38. The zero-order chi connectivity index (χ0) is 14.9. The number of Topliss-reactive ketones (excluding diaryl/α,β-unsaturated/α-hetero) is 1. The summed E-state index contributed by atoms with van der Waals surface area (Å²) in [6.45, 7) is 5.29. The van der Waals surface area contributed by atoms with E-state index in [0.717, 1.165) is 5.56 Å². The van der Waals surface area contributed by atoms with Gasteiger partial charge >= 0.3 is 0 Å². The summed E-state index contributed by atoms with van der Waals surface area (Å²) in [7, 11) is 0. The number of allylic oxidation sites excluding steroid dienone is 4. The number of carbonyl (C=O) groups is 2. The molecule has 0 fully saturated rings. The van der Waals surface area contributed by atoms with Crippen molar-refractivity contribution in [2.75, 3.05) is 0 Å². The summed E-state index contributed by atoms with van der Waals surface area (Å²) in [5.74, 6) is -0.562. The number of nitrogens with zero attached hydrogens (tertiary/aromatic N) is 1. The summed E-state index contributed by atoms with van der Waals surface area (Å²) in [6, 6.07) is 7.17. The summed E-state index contributed by atoms with van der Waals surface area (Å²) in [6.07, 6.45) is 1.59. The average molecular weight is 288 g/mol. The zero-order valence-electron chi connectivity index (χ0n) is 11.5. The average Bonchev–Trinajstić information content (AvgIpc) is 2.43. The van der Waals surface area contributed by atoms with Crippen LogP contribution in [0.4, 0.5) is 0 Å². The van der Waals surface area contributed by atoms with Gasteiger partial charge in [-0.3, -0.25) is 9.59 Å². The van der Waals surface area contributed by atoms with Gasteiger partial charge in [-0.15, -0.1) is 0 Å². The molecule has 2 rings (SSSR count). The minimum Gasteiger partial charge on any atom is -0.288 e. The van der Waals surface area contributed by atoms with Gasteiger partial charge in [0.25, 0.3) is 5.91 Å². The van der Waals surface area contributed by atoms with Crippen LogP contribution in [0.3, 0.4) is 0 Å². The first-order valence-electron chi connectivity index (χ1n) is 6.19. The van der Waals surface area contributed by atoms with Gasteiger partial charge < -0.3 is 0 Å². The Kier molecular flexibility index (Phi) is 4.00. The van der Waals surface area contributed by atoms with Crippen LogP contribution < -0.4 is 0 Å². The summed E-state index contributed by atoms with van der Waals surface area (Å²) in [5.41, 5.74) is 3.04. The van der Waals surface area contributed by atoms with Crippen molar-refractivity contribution in [1.82, 2.24) is 0 Å². The molecule has 0 aromatic heterocycles. The molecule has 1 amide bonds. The largest absolute Gasteiger partial charge is 0.288 e. The highest BCUT2D eigenvalue weighted by molar-refractivity contribution is 6.49. The molecule has 0 saturated heterocycles. The van der Waals surface area contributed by atoms with Crippen LogP contribution in [0.1, 0.15) is 29.8 Å². The molecule has 20 heavy (non-hydrogen) atoms.